The lowest BCUT2D eigenvalue weighted by Gasteiger charge is -2.22. The lowest BCUT2D eigenvalue weighted by atomic mass is 9.83. The lowest BCUT2D eigenvalue weighted by Crippen LogP contribution is -2.20. The molecule has 0 spiro atoms. The highest BCUT2D eigenvalue weighted by Crippen LogP contribution is 2.36. The van der Waals surface area contributed by atoms with Crippen LogP contribution in [0.5, 0.6) is 0 Å². The van der Waals surface area contributed by atoms with Gasteiger partial charge in [-0.25, -0.2) is 0 Å². The van der Waals surface area contributed by atoms with Gasteiger partial charge >= 0.3 is 0 Å². The second kappa shape index (κ2) is 5.46. The number of aromatic nitrogens is 1. The molecule has 0 bridgehead atoms. The first-order chi connectivity index (χ1) is 9.69. The second-order valence-corrected chi connectivity index (χ2v) is 6.34. The Labute approximate surface area is 121 Å². The summed E-state index contributed by atoms with van der Waals surface area (Å²) in [7, 11) is 0. The van der Waals surface area contributed by atoms with Crippen molar-refractivity contribution in [2.75, 3.05) is 13.1 Å². The van der Waals surface area contributed by atoms with Crippen LogP contribution in [0.4, 0.5) is 0 Å². The second-order valence-electron chi connectivity index (χ2n) is 6.34. The quantitative estimate of drug-likeness (QED) is 0.789. The number of hydrogen-bond acceptors (Lipinski definition) is 2. The fourth-order valence-electron chi connectivity index (χ4n) is 3.78. The Morgan fingerprint density at radius 3 is 2.85 bits per heavy atom. The molecular weight excluding hydrogens is 246 g/mol. The van der Waals surface area contributed by atoms with Crippen molar-refractivity contribution in [3.63, 3.8) is 0 Å². The van der Waals surface area contributed by atoms with Crippen molar-refractivity contribution in [3.05, 3.63) is 35.2 Å². The van der Waals surface area contributed by atoms with Gasteiger partial charge in [-0.05, 0) is 50.2 Å². The van der Waals surface area contributed by atoms with E-state index in [9.17, 15) is 0 Å². The maximum atomic E-state index is 9.13. The Morgan fingerprint density at radius 2 is 2.15 bits per heavy atom. The zero-order chi connectivity index (χ0) is 14.1. The Morgan fingerprint density at radius 1 is 1.35 bits per heavy atom. The van der Waals surface area contributed by atoms with Crippen LogP contribution in [0.25, 0.3) is 0 Å². The van der Waals surface area contributed by atoms with Crippen molar-refractivity contribution in [2.45, 2.75) is 39.8 Å². The molecule has 0 amide bonds. The maximum Gasteiger partial charge on any atom is 0.120 e. The summed E-state index contributed by atoms with van der Waals surface area (Å²) in [6, 6.07) is 4.33. The highest BCUT2D eigenvalue weighted by molar-refractivity contribution is 5.28. The van der Waals surface area contributed by atoms with Crippen molar-refractivity contribution in [3.8, 4) is 6.07 Å². The highest BCUT2D eigenvalue weighted by Gasteiger charge is 2.33. The lowest BCUT2D eigenvalue weighted by molar-refractivity contribution is 0.313. The van der Waals surface area contributed by atoms with Crippen molar-refractivity contribution >= 4 is 0 Å². The molecule has 0 unspecified atom stereocenters. The number of fused-ring (bicyclic) bond motifs is 1. The topological polar surface area (TPSA) is 32.0 Å². The SMILES string of the molecule is CCn1cc(CN2C[C@H]3CC=C(C)C[C@H]3C2)cc1C#N. The Bertz CT molecular complexity index is 561. The van der Waals surface area contributed by atoms with Gasteiger partial charge in [0, 0.05) is 32.4 Å². The van der Waals surface area contributed by atoms with Crippen molar-refractivity contribution in [2.24, 2.45) is 11.8 Å². The van der Waals surface area contributed by atoms with Crippen LogP contribution >= 0.6 is 0 Å². The Balaban J connectivity index is 1.66. The first-order valence-corrected chi connectivity index (χ1v) is 7.66. The molecule has 3 rings (SSSR count). The molecule has 0 aromatic carbocycles. The summed E-state index contributed by atoms with van der Waals surface area (Å²) < 4.78 is 2.05. The summed E-state index contributed by atoms with van der Waals surface area (Å²) in [5, 5.41) is 9.13. The molecule has 2 aliphatic rings. The van der Waals surface area contributed by atoms with Gasteiger partial charge in [-0.15, -0.1) is 0 Å². The average molecular weight is 269 g/mol. The minimum absolute atomic E-state index is 0.789. The van der Waals surface area contributed by atoms with E-state index >= 15 is 0 Å². The van der Waals surface area contributed by atoms with Crippen molar-refractivity contribution in [1.82, 2.24) is 9.47 Å². The number of aryl methyl sites for hydroxylation is 1. The van der Waals surface area contributed by atoms with Crippen LogP contribution in [0.15, 0.2) is 23.9 Å². The number of allylic oxidation sites excluding steroid dienone is 2. The summed E-state index contributed by atoms with van der Waals surface area (Å²) in [5.41, 5.74) is 3.64. The molecule has 106 valence electrons. The van der Waals surface area contributed by atoms with E-state index in [2.05, 4.69) is 43.2 Å². The molecule has 3 heteroatoms. The smallest absolute Gasteiger partial charge is 0.120 e. The van der Waals surface area contributed by atoms with Crippen LogP contribution in [0.2, 0.25) is 0 Å². The van der Waals surface area contributed by atoms with Gasteiger partial charge in [0.1, 0.15) is 11.8 Å². The molecule has 0 N–H and O–H groups in total. The fourth-order valence-corrected chi connectivity index (χ4v) is 3.78. The molecule has 1 fully saturated rings. The molecule has 1 aliphatic heterocycles. The van der Waals surface area contributed by atoms with E-state index in [1.54, 1.807) is 5.57 Å². The summed E-state index contributed by atoms with van der Waals surface area (Å²) in [6.07, 6.45) is 7.10. The van der Waals surface area contributed by atoms with Crippen LogP contribution in [-0.4, -0.2) is 22.6 Å². The molecule has 0 radical (unpaired) electrons. The zero-order valence-electron chi connectivity index (χ0n) is 12.5. The van der Waals surface area contributed by atoms with Gasteiger partial charge in [-0.2, -0.15) is 5.26 Å². The predicted molar refractivity (Wildman–Crippen MR) is 80.1 cm³/mol. The average Bonchev–Trinajstić information content (AvgIpc) is 3.01. The molecule has 2 heterocycles. The molecule has 20 heavy (non-hydrogen) atoms. The third-order valence-electron chi connectivity index (χ3n) is 4.82. The third kappa shape index (κ3) is 2.53. The molecule has 1 aromatic heterocycles. The highest BCUT2D eigenvalue weighted by atomic mass is 15.2. The number of nitrogens with zero attached hydrogens (tertiary/aromatic N) is 3. The number of hydrogen-bond donors (Lipinski definition) is 0. The molecule has 0 saturated carbocycles. The first kappa shape index (κ1) is 13.5. The largest absolute Gasteiger partial charge is 0.339 e. The molecule has 1 aliphatic carbocycles. The number of likely N-dealkylation sites (tertiary alicyclic amines) is 1. The van der Waals surface area contributed by atoms with E-state index in [0.717, 1.165) is 30.6 Å². The monoisotopic (exact) mass is 269 g/mol. The normalized spacial score (nSPS) is 26.1. The minimum Gasteiger partial charge on any atom is -0.339 e. The van der Waals surface area contributed by atoms with Crippen molar-refractivity contribution < 1.29 is 0 Å². The van der Waals surface area contributed by atoms with Crippen LogP contribution in [0, 0.1) is 23.2 Å². The van der Waals surface area contributed by atoms with Crippen molar-refractivity contribution in [1.29, 1.82) is 5.26 Å². The van der Waals surface area contributed by atoms with E-state index in [-0.39, 0.29) is 0 Å². The summed E-state index contributed by atoms with van der Waals surface area (Å²) in [4.78, 5) is 2.57. The standard InChI is InChI=1S/C17H23N3/c1-3-20-10-14(7-17(20)8-18)9-19-11-15-5-4-13(2)6-16(15)12-19/h4,7,10,15-16H,3,5-6,9,11-12H2,1-2H3/t15-,16+/m1/s1. The van der Waals surface area contributed by atoms with Gasteiger partial charge in [-0.1, -0.05) is 11.6 Å². The Hall–Kier alpha value is -1.53. The third-order valence-corrected chi connectivity index (χ3v) is 4.82. The van der Waals surface area contributed by atoms with E-state index in [1.807, 2.05) is 4.57 Å². The first-order valence-electron chi connectivity index (χ1n) is 7.66. The maximum absolute atomic E-state index is 9.13. The van der Waals surface area contributed by atoms with Gasteiger partial charge in [0.15, 0.2) is 0 Å². The van der Waals surface area contributed by atoms with E-state index in [4.69, 9.17) is 5.26 Å². The van der Waals surface area contributed by atoms with E-state index in [0.29, 0.717) is 0 Å². The van der Waals surface area contributed by atoms with E-state index < -0.39 is 0 Å². The van der Waals surface area contributed by atoms with Gasteiger partial charge in [0.2, 0.25) is 0 Å². The Kier molecular flexibility index (Phi) is 3.67. The molecule has 1 aromatic rings. The van der Waals surface area contributed by atoms with Crippen LogP contribution < -0.4 is 0 Å². The van der Waals surface area contributed by atoms with Crippen LogP contribution in [0.3, 0.4) is 0 Å². The molecule has 1 saturated heterocycles. The summed E-state index contributed by atoms with van der Waals surface area (Å²) in [6.45, 7) is 8.65. The minimum atomic E-state index is 0.789. The number of rotatable bonds is 3. The van der Waals surface area contributed by atoms with Gasteiger partial charge < -0.3 is 4.57 Å². The molecular formula is C17H23N3. The summed E-state index contributed by atoms with van der Waals surface area (Å²) >= 11 is 0. The van der Waals surface area contributed by atoms with Gasteiger partial charge in [-0.3, -0.25) is 4.90 Å². The zero-order valence-corrected chi connectivity index (χ0v) is 12.5. The van der Waals surface area contributed by atoms with Gasteiger partial charge in [0.05, 0.1) is 0 Å². The molecule has 2 atom stereocenters. The van der Waals surface area contributed by atoms with Crippen LogP contribution in [-0.2, 0) is 13.1 Å². The fraction of sp³-hybridized carbons (Fsp3) is 0.588. The molecule has 3 nitrogen and oxygen atoms in total. The van der Waals surface area contributed by atoms with Crippen LogP contribution in [0.1, 0.15) is 37.9 Å². The predicted octanol–water partition coefficient (Wildman–Crippen LogP) is 3.17. The summed E-state index contributed by atoms with van der Waals surface area (Å²) in [5.74, 6) is 1.70. The number of nitriles is 1. The van der Waals surface area contributed by atoms with Gasteiger partial charge in [0.25, 0.3) is 0 Å². The van der Waals surface area contributed by atoms with E-state index in [1.165, 1.54) is 31.5 Å².